The molecule has 1 aliphatic rings. The third kappa shape index (κ3) is 3.77. The Balaban J connectivity index is 1.61. The fourth-order valence-corrected chi connectivity index (χ4v) is 3.51. The number of fused-ring (bicyclic) bond motifs is 1. The van der Waals surface area contributed by atoms with E-state index in [2.05, 4.69) is 18.3 Å². The molecular weight excluding hydrogens is 328 g/mol. The van der Waals surface area contributed by atoms with Crippen LogP contribution in [0.25, 0.3) is 0 Å². The summed E-state index contributed by atoms with van der Waals surface area (Å²) in [4.78, 5) is 14.6. The number of amides is 2. The van der Waals surface area contributed by atoms with Gasteiger partial charge >= 0.3 is 6.03 Å². The molecule has 1 aliphatic heterocycles. The maximum atomic E-state index is 12.7. The molecule has 0 spiro atoms. The Kier molecular flexibility index (Phi) is 5.66. The molecule has 1 unspecified atom stereocenters. The van der Waals surface area contributed by atoms with Gasteiger partial charge in [-0.2, -0.15) is 0 Å². The second-order valence-electron chi connectivity index (χ2n) is 6.48. The minimum Gasteiger partial charge on any atom is -0.497 e. The Morgan fingerprint density at radius 3 is 2.77 bits per heavy atom. The van der Waals surface area contributed by atoms with Gasteiger partial charge < -0.3 is 19.7 Å². The highest BCUT2D eigenvalue weighted by molar-refractivity contribution is 5.75. The summed E-state index contributed by atoms with van der Waals surface area (Å²) >= 11 is 0. The Morgan fingerprint density at radius 2 is 2.00 bits per heavy atom. The van der Waals surface area contributed by atoms with Crippen molar-refractivity contribution in [1.29, 1.82) is 0 Å². The monoisotopic (exact) mass is 354 g/mol. The van der Waals surface area contributed by atoms with Crippen molar-refractivity contribution in [2.75, 3.05) is 27.3 Å². The van der Waals surface area contributed by atoms with Gasteiger partial charge in [-0.25, -0.2) is 4.79 Å². The van der Waals surface area contributed by atoms with E-state index in [9.17, 15) is 4.79 Å². The van der Waals surface area contributed by atoms with Gasteiger partial charge in [-0.15, -0.1) is 0 Å². The zero-order chi connectivity index (χ0) is 18.5. The van der Waals surface area contributed by atoms with Crippen molar-refractivity contribution in [2.24, 2.45) is 0 Å². The first-order valence-electron chi connectivity index (χ1n) is 8.97. The number of rotatable bonds is 5. The maximum Gasteiger partial charge on any atom is 0.317 e. The molecule has 2 amide bonds. The van der Waals surface area contributed by atoms with E-state index in [0.29, 0.717) is 6.54 Å². The number of methoxy groups -OCH3 is 2. The van der Waals surface area contributed by atoms with Gasteiger partial charge in [0.15, 0.2) is 0 Å². The van der Waals surface area contributed by atoms with Gasteiger partial charge in [-0.05, 0) is 54.7 Å². The molecule has 5 nitrogen and oxygen atoms in total. The molecule has 2 aromatic carbocycles. The summed E-state index contributed by atoms with van der Waals surface area (Å²) in [7, 11) is 3.33. The number of benzene rings is 2. The number of hydrogen-bond acceptors (Lipinski definition) is 3. The highest BCUT2D eigenvalue weighted by Gasteiger charge is 2.27. The van der Waals surface area contributed by atoms with Gasteiger partial charge in [0, 0.05) is 13.1 Å². The molecule has 1 atom stereocenters. The average molecular weight is 354 g/mol. The Labute approximate surface area is 154 Å². The number of nitrogens with one attached hydrogen (secondary N) is 1. The fraction of sp³-hybridized carbons (Fsp3) is 0.381. The zero-order valence-electron chi connectivity index (χ0n) is 15.6. The number of ether oxygens (including phenoxy) is 2. The van der Waals surface area contributed by atoms with Crippen molar-refractivity contribution in [1.82, 2.24) is 10.2 Å². The van der Waals surface area contributed by atoms with Gasteiger partial charge in [-0.1, -0.05) is 24.3 Å². The number of nitrogens with zero attached hydrogens (tertiary/aromatic N) is 1. The lowest BCUT2D eigenvalue weighted by Crippen LogP contribution is -2.45. The topological polar surface area (TPSA) is 50.8 Å². The van der Waals surface area contributed by atoms with Crippen LogP contribution in [0, 0.1) is 0 Å². The number of carbonyl (C=O) groups is 1. The second kappa shape index (κ2) is 8.13. The highest BCUT2D eigenvalue weighted by atomic mass is 16.5. The minimum atomic E-state index is -0.0270. The lowest BCUT2D eigenvalue weighted by molar-refractivity contribution is 0.175. The molecule has 26 heavy (non-hydrogen) atoms. The van der Waals surface area contributed by atoms with Crippen LogP contribution in [0.5, 0.6) is 11.5 Å². The van der Waals surface area contributed by atoms with Crippen molar-refractivity contribution in [3.63, 3.8) is 0 Å². The summed E-state index contributed by atoms with van der Waals surface area (Å²) in [5.41, 5.74) is 3.55. The van der Waals surface area contributed by atoms with E-state index >= 15 is 0 Å². The number of carbonyl (C=O) groups excluding carboxylic acids is 1. The summed E-state index contributed by atoms with van der Waals surface area (Å²) in [6, 6.07) is 14.0. The zero-order valence-corrected chi connectivity index (χ0v) is 15.6. The van der Waals surface area contributed by atoms with Crippen LogP contribution in [0.3, 0.4) is 0 Å². The van der Waals surface area contributed by atoms with Crippen LogP contribution < -0.4 is 14.8 Å². The van der Waals surface area contributed by atoms with Crippen LogP contribution in [0.1, 0.15) is 29.7 Å². The van der Waals surface area contributed by atoms with Crippen LogP contribution in [0.2, 0.25) is 0 Å². The van der Waals surface area contributed by atoms with E-state index in [1.54, 1.807) is 14.2 Å². The molecular formula is C21H26N2O3. The SMILES string of the molecule is COc1ccc2c(c1)C(C)N(C(=O)NCCc1ccccc1OC)CC2. The summed E-state index contributed by atoms with van der Waals surface area (Å²) < 4.78 is 10.7. The van der Waals surface area contributed by atoms with Gasteiger partial charge in [0.05, 0.1) is 20.3 Å². The van der Waals surface area contributed by atoms with E-state index in [0.717, 1.165) is 42.0 Å². The van der Waals surface area contributed by atoms with E-state index in [1.807, 2.05) is 41.3 Å². The molecule has 0 aliphatic carbocycles. The number of hydrogen-bond donors (Lipinski definition) is 1. The van der Waals surface area contributed by atoms with Crippen LogP contribution >= 0.6 is 0 Å². The summed E-state index contributed by atoms with van der Waals surface area (Å²) in [6.45, 7) is 3.37. The van der Waals surface area contributed by atoms with Gasteiger partial charge in [0.1, 0.15) is 11.5 Å². The molecule has 0 radical (unpaired) electrons. The molecule has 0 saturated carbocycles. The van der Waals surface area contributed by atoms with Crippen molar-refractivity contribution in [2.45, 2.75) is 25.8 Å². The first kappa shape index (κ1) is 18.1. The van der Waals surface area contributed by atoms with E-state index < -0.39 is 0 Å². The number of para-hydroxylation sites is 1. The summed E-state index contributed by atoms with van der Waals surface area (Å²) in [5, 5.41) is 3.04. The molecule has 138 valence electrons. The van der Waals surface area contributed by atoms with Gasteiger partial charge in [0.25, 0.3) is 0 Å². The molecule has 3 rings (SSSR count). The molecule has 0 saturated heterocycles. The van der Waals surface area contributed by atoms with Gasteiger partial charge in [-0.3, -0.25) is 0 Å². The normalized spacial score (nSPS) is 16.0. The van der Waals surface area contributed by atoms with Gasteiger partial charge in [0.2, 0.25) is 0 Å². The number of urea groups is 1. The smallest absolute Gasteiger partial charge is 0.317 e. The van der Waals surface area contributed by atoms with E-state index in [1.165, 1.54) is 5.56 Å². The van der Waals surface area contributed by atoms with Crippen molar-refractivity contribution in [3.05, 3.63) is 59.2 Å². The summed E-state index contributed by atoms with van der Waals surface area (Å²) in [6.07, 6.45) is 1.60. The maximum absolute atomic E-state index is 12.7. The molecule has 1 heterocycles. The largest absolute Gasteiger partial charge is 0.497 e. The van der Waals surface area contributed by atoms with Crippen LogP contribution in [-0.4, -0.2) is 38.2 Å². The molecule has 2 aromatic rings. The Morgan fingerprint density at radius 1 is 1.19 bits per heavy atom. The van der Waals surface area contributed by atoms with Crippen LogP contribution in [-0.2, 0) is 12.8 Å². The fourth-order valence-electron chi connectivity index (χ4n) is 3.51. The molecule has 0 bridgehead atoms. The lowest BCUT2D eigenvalue weighted by atomic mass is 9.93. The quantitative estimate of drug-likeness (QED) is 0.893. The third-order valence-corrected chi connectivity index (χ3v) is 5.02. The van der Waals surface area contributed by atoms with Crippen LogP contribution in [0.15, 0.2) is 42.5 Å². The molecule has 0 aromatic heterocycles. The minimum absolute atomic E-state index is 0.0270. The summed E-state index contributed by atoms with van der Waals surface area (Å²) in [5.74, 6) is 1.68. The molecule has 5 heteroatoms. The van der Waals surface area contributed by atoms with Crippen molar-refractivity contribution >= 4 is 6.03 Å². The second-order valence-corrected chi connectivity index (χ2v) is 6.48. The van der Waals surface area contributed by atoms with E-state index in [4.69, 9.17) is 9.47 Å². The predicted molar refractivity (Wildman–Crippen MR) is 102 cm³/mol. The first-order chi connectivity index (χ1) is 12.6. The Hall–Kier alpha value is -2.69. The molecule has 1 N–H and O–H groups in total. The molecule has 0 fully saturated rings. The van der Waals surface area contributed by atoms with Crippen molar-refractivity contribution in [3.8, 4) is 11.5 Å². The third-order valence-electron chi connectivity index (χ3n) is 5.02. The first-order valence-corrected chi connectivity index (χ1v) is 8.97. The average Bonchev–Trinajstić information content (AvgIpc) is 2.68. The standard InChI is InChI=1S/C21H26N2O3/c1-15-19-14-18(25-2)9-8-16(19)11-13-23(15)21(24)22-12-10-17-6-4-5-7-20(17)26-3/h4-9,14-15H,10-13H2,1-3H3,(H,22,24). The Bertz CT molecular complexity index is 776. The van der Waals surface area contributed by atoms with E-state index in [-0.39, 0.29) is 12.1 Å². The predicted octanol–water partition coefficient (Wildman–Crippen LogP) is 3.58. The van der Waals surface area contributed by atoms with Crippen molar-refractivity contribution < 1.29 is 14.3 Å². The highest BCUT2D eigenvalue weighted by Crippen LogP contribution is 2.32. The lowest BCUT2D eigenvalue weighted by Gasteiger charge is -2.35. The van der Waals surface area contributed by atoms with Crippen LogP contribution in [0.4, 0.5) is 4.79 Å².